The number of hydrogen-bond donors (Lipinski definition) is 2. The van der Waals surface area contributed by atoms with Crippen LogP contribution < -0.4 is 10.8 Å². The third kappa shape index (κ3) is 13.1. The molecule has 26 heavy (non-hydrogen) atoms. The maximum atomic E-state index is 10.8. The van der Waals surface area contributed by atoms with E-state index in [0.717, 1.165) is 19.3 Å². The number of nitrogens with zero attached hydrogens (tertiary/aromatic N) is 1. The fourth-order valence-corrected chi connectivity index (χ4v) is 2.68. The third-order valence-corrected chi connectivity index (χ3v) is 4.68. The molecule has 3 N–H and O–H groups in total. The molecule has 0 aromatic carbocycles. The number of likely N-dealkylation sites (N-methyl/N-ethyl adjacent to an activating group) is 1. The SMILES string of the molecule is CCCC(N)(C(=O)[O-])[N+](C)(C)C.CCCCCCCCCCCC(=O)O. The van der Waals surface area contributed by atoms with Crippen molar-refractivity contribution < 1.29 is 24.3 Å². The largest absolute Gasteiger partial charge is 0.543 e. The van der Waals surface area contributed by atoms with E-state index < -0.39 is 17.6 Å². The van der Waals surface area contributed by atoms with Gasteiger partial charge in [-0.3, -0.25) is 10.5 Å². The number of quaternary nitrogens is 1. The summed E-state index contributed by atoms with van der Waals surface area (Å²) in [6.45, 7) is 4.13. The van der Waals surface area contributed by atoms with Crippen molar-refractivity contribution in [2.45, 2.75) is 96.6 Å². The zero-order valence-electron chi connectivity index (χ0n) is 17.7. The highest BCUT2D eigenvalue weighted by molar-refractivity contribution is 5.74. The molecular weight excluding hydrogens is 332 g/mol. The number of nitrogens with two attached hydrogens (primary N) is 1. The molecule has 156 valence electrons. The van der Waals surface area contributed by atoms with Crippen molar-refractivity contribution in [3.63, 3.8) is 0 Å². The van der Waals surface area contributed by atoms with Crippen LogP contribution in [0.25, 0.3) is 0 Å². The van der Waals surface area contributed by atoms with Crippen LogP contribution in [0.15, 0.2) is 0 Å². The van der Waals surface area contributed by atoms with E-state index in [1.165, 1.54) is 44.9 Å². The Balaban J connectivity index is 0. The second kappa shape index (κ2) is 15.0. The molecule has 1 atom stereocenters. The molecular formula is C20H42N2O4. The van der Waals surface area contributed by atoms with Gasteiger partial charge in [0.15, 0.2) is 5.66 Å². The Bertz CT molecular complexity index is 380. The Hall–Kier alpha value is -1.14. The van der Waals surface area contributed by atoms with Crippen LogP contribution in [0, 0.1) is 0 Å². The quantitative estimate of drug-likeness (QED) is 0.276. The van der Waals surface area contributed by atoms with Gasteiger partial charge in [-0.2, -0.15) is 0 Å². The predicted molar refractivity (Wildman–Crippen MR) is 104 cm³/mol. The topological polar surface area (TPSA) is 103 Å². The van der Waals surface area contributed by atoms with Crippen molar-refractivity contribution in [3.8, 4) is 0 Å². The van der Waals surface area contributed by atoms with Crippen LogP contribution in [-0.2, 0) is 9.59 Å². The van der Waals surface area contributed by atoms with E-state index in [-0.39, 0.29) is 4.48 Å². The van der Waals surface area contributed by atoms with Gasteiger partial charge in [0.25, 0.3) is 0 Å². The molecule has 0 saturated heterocycles. The van der Waals surface area contributed by atoms with Crippen molar-refractivity contribution in [1.82, 2.24) is 0 Å². The number of hydrogen-bond acceptors (Lipinski definition) is 4. The number of aliphatic carboxylic acids is 2. The minimum Gasteiger partial charge on any atom is -0.543 e. The second-order valence-corrected chi connectivity index (χ2v) is 7.95. The van der Waals surface area contributed by atoms with Gasteiger partial charge in [-0.15, -0.1) is 0 Å². The van der Waals surface area contributed by atoms with Crippen molar-refractivity contribution in [1.29, 1.82) is 0 Å². The molecule has 0 aromatic heterocycles. The highest BCUT2D eigenvalue weighted by atomic mass is 16.4. The summed E-state index contributed by atoms with van der Waals surface area (Å²) in [6, 6.07) is 0. The van der Waals surface area contributed by atoms with Gasteiger partial charge in [0.1, 0.15) is 5.97 Å². The van der Waals surface area contributed by atoms with E-state index in [1.54, 1.807) is 21.1 Å². The zero-order valence-corrected chi connectivity index (χ0v) is 17.7. The fraction of sp³-hybridized carbons (Fsp3) is 0.900. The number of unbranched alkanes of at least 4 members (excludes halogenated alkanes) is 8. The molecule has 1 unspecified atom stereocenters. The van der Waals surface area contributed by atoms with E-state index in [1.807, 2.05) is 6.92 Å². The van der Waals surface area contributed by atoms with Gasteiger partial charge >= 0.3 is 5.97 Å². The molecule has 6 heteroatoms. The van der Waals surface area contributed by atoms with Crippen LogP contribution in [-0.4, -0.2) is 48.3 Å². The molecule has 0 bridgehead atoms. The average molecular weight is 375 g/mol. The van der Waals surface area contributed by atoms with Crippen LogP contribution in [0.1, 0.15) is 90.9 Å². The van der Waals surface area contributed by atoms with Gasteiger partial charge < -0.3 is 19.5 Å². The average Bonchev–Trinajstić information content (AvgIpc) is 2.52. The molecule has 0 aliphatic heterocycles. The maximum Gasteiger partial charge on any atom is 0.303 e. The van der Waals surface area contributed by atoms with Gasteiger partial charge in [0.05, 0.1) is 21.1 Å². The molecule has 0 heterocycles. The molecule has 0 spiro atoms. The summed E-state index contributed by atoms with van der Waals surface area (Å²) in [5, 5.41) is 19.2. The molecule has 0 rings (SSSR count). The summed E-state index contributed by atoms with van der Waals surface area (Å²) < 4.78 is 0.184. The Morgan fingerprint density at radius 3 is 1.58 bits per heavy atom. The van der Waals surface area contributed by atoms with Crippen LogP contribution in [0.5, 0.6) is 0 Å². The summed E-state index contributed by atoms with van der Waals surface area (Å²) in [6.07, 6.45) is 12.6. The molecule has 0 saturated carbocycles. The van der Waals surface area contributed by atoms with E-state index >= 15 is 0 Å². The minimum atomic E-state index is -1.27. The van der Waals surface area contributed by atoms with Crippen molar-refractivity contribution in [3.05, 3.63) is 0 Å². The van der Waals surface area contributed by atoms with Crippen LogP contribution >= 0.6 is 0 Å². The Morgan fingerprint density at radius 1 is 0.885 bits per heavy atom. The van der Waals surface area contributed by atoms with E-state index in [4.69, 9.17) is 10.8 Å². The molecule has 0 radical (unpaired) electrons. The van der Waals surface area contributed by atoms with Crippen molar-refractivity contribution in [2.24, 2.45) is 5.73 Å². The first-order chi connectivity index (χ1) is 12.0. The van der Waals surface area contributed by atoms with Crippen LogP contribution in [0.3, 0.4) is 0 Å². The molecule has 0 aliphatic rings. The number of carbonyl (C=O) groups is 2. The molecule has 0 aromatic rings. The monoisotopic (exact) mass is 374 g/mol. The molecule has 0 fully saturated rings. The molecule has 0 aliphatic carbocycles. The van der Waals surface area contributed by atoms with Gasteiger partial charge in [-0.05, 0) is 12.8 Å². The van der Waals surface area contributed by atoms with E-state index in [2.05, 4.69) is 6.92 Å². The summed E-state index contributed by atoms with van der Waals surface area (Å²) in [5.41, 5.74) is 4.47. The lowest BCUT2D eigenvalue weighted by molar-refractivity contribution is -0.916. The lowest BCUT2D eigenvalue weighted by atomic mass is 10.0. The van der Waals surface area contributed by atoms with E-state index in [0.29, 0.717) is 12.8 Å². The van der Waals surface area contributed by atoms with Gasteiger partial charge in [-0.25, -0.2) is 0 Å². The maximum absolute atomic E-state index is 10.8. The lowest BCUT2D eigenvalue weighted by Crippen LogP contribution is -2.71. The third-order valence-electron chi connectivity index (χ3n) is 4.68. The number of carboxylic acid groups (broad SMARTS) is 2. The molecule has 0 amide bonds. The fourth-order valence-electron chi connectivity index (χ4n) is 2.68. The zero-order chi connectivity index (χ0) is 20.6. The summed E-state index contributed by atoms with van der Waals surface area (Å²) >= 11 is 0. The number of carbonyl (C=O) groups excluding carboxylic acids is 1. The van der Waals surface area contributed by atoms with Crippen molar-refractivity contribution in [2.75, 3.05) is 21.1 Å². The smallest absolute Gasteiger partial charge is 0.303 e. The van der Waals surface area contributed by atoms with Crippen LogP contribution in [0.2, 0.25) is 0 Å². The first kappa shape index (κ1) is 27.1. The first-order valence-electron chi connectivity index (χ1n) is 10.1. The normalized spacial score (nSPS) is 13.5. The van der Waals surface area contributed by atoms with Gasteiger partial charge in [0.2, 0.25) is 0 Å². The van der Waals surface area contributed by atoms with Crippen molar-refractivity contribution >= 4 is 11.9 Å². The van der Waals surface area contributed by atoms with Gasteiger partial charge in [-0.1, -0.05) is 65.2 Å². The predicted octanol–water partition coefficient (Wildman–Crippen LogP) is 2.89. The second-order valence-electron chi connectivity index (χ2n) is 7.95. The standard InChI is InChI=1S/C12H24O2.C8H18N2O2/c1-2-3-4-5-6-7-8-9-10-11-12(13)14;1-5-6-8(9,7(11)12)10(2,3)4/h2-11H2,1H3,(H,13,14);5-6,9H2,1-4H3. The highest BCUT2D eigenvalue weighted by Crippen LogP contribution is 2.17. The number of rotatable bonds is 14. The first-order valence-corrected chi connectivity index (χ1v) is 10.1. The summed E-state index contributed by atoms with van der Waals surface area (Å²) in [7, 11) is 5.27. The summed E-state index contributed by atoms with van der Waals surface area (Å²) in [4.78, 5) is 21.0. The van der Waals surface area contributed by atoms with Gasteiger partial charge in [0, 0.05) is 12.8 Å². The van der Waals surface area contributed by atoms with E-state index in [9.17, 15) is 14.7 Å². The summed E-state index contributed by atoms with van der Waals surface area (Å²) in [5.74, 6) is -1.84. The Labute approximate surface area is 160 Å². The lowest BCUT2D eigenvalue weighted by Gasteiger charge is -2.43. The minimum absolute atomic E-state index is 0.184. The highest BCUT2D eigenvalue weighted by Gasteiger charge is 2.39. The Kier molecular flexibility index (Phi) is 15.6. The Morgan fingerprint density at radius 2 is 1.31 bits per heavy atom. The van der Waals surface area contributed by atoms with Crippen LogP contribution in [0.4, 0.5) is 0 Å². The molecule has 6 nitrogen and oxygen atoms in total. The number of carboxylic acids is 2.